The molecule has 1 atom stereocenters. The van der Waals surface area contributed by atoms with Gasteiger partial charge < -0.3 is 14.8 Å². The van der Waals surface area contributed by atoms with Crippen molar-refractivity contribution in [3.63, 3.8) is 0 Å². The SMILES string of the molecule is CNC(CC1CCCCC1)C1(OC)CCOCC1. The lowest BCUT2D eigenvalue weighted by molar-refractivity contribution is -0.113. The fourth-order valence-electron chi connectivity index (χ4n) is 3.76. The first-order chi connectivity index (χ1) is 8.80. The highest BCUT2D eigenvalue weighted by Gasteiger charge is 2.40. The molecule has 1 aliphatic carbocycles. The van der Waals surface area contributed by atoms with E-state index in [4.69, 9.17) is 9.47 Å². The Morgan fingerprint density at radius 1 is 1.22 bits per heavy atom. The summed E-state index contributed by atoms with van der Waals surface area (Å²) >= 11 is 0. The quantitative estimate of drug-likeness (QED) is 0.819. The normalized spacial score (nSPS) is 27.0. The van der Waals surface area contributed by atoms with Crippen LogP contribution in [-0.2, 0) is 9.47 Å². The van der Waals surface area contributed by atoms with Crippen LogP contribution in [0.3, 0.4) is 0 Å². The van der Waals surface area contributed by atoms with Crippen molar-refractivity contribution in [1.29, 1.82) is 0 Å². The topological polar surface area (TPSA) is 30.5 Å². The Morgan fingerprint density at radius 2 is 1.89 bits per heavy atom. The summed E-state index contributed by atoms with van der Waals surface area (Å²) in [4.78, 5) is 0. The molecule has 0 aromatic heterocycles. The molecule has 1 saturated carbocycles. The molecule has 0 amide bonds. The third-order valence-corrected chi connectivity index (χ3v) is 5.02. The maximum atomic E-state index is 5.93. The van der Waals surface area contributed by atoms with Gasteiger partial charge in [0, 0.05) is 39.2 Å². The maximum absolute atomic E-state index is 5.93. The summed E-state index contributed by atoms with van der Waals surface area (Å²) in [5.74, 6) is 0.895. The van der Waals surface area contributed by atoms with Gasteiger partial charge in [-0.1, -0.05) is 32.1 Å². The van der Waals surface area contributed by atoms with Crippen LogP contribution in [0, 0.1) is 5.92 Å². The van der Waals surface area contributed by atoms with Gasteiger partial charge in [0.1, 0.15) is 0 Å². The lowest BCUT2D eigenvalue weighted by atomic mass is 9.77. The van der Waals surface area contributed by atoms with Gasteiger partial charge >= 0.3 is 0 Å². The number of methoxy groups -OCH3 is 1. The molecule has 18 heavy (non-hydrogen) atoms. The van der Waals surface area contributed by atoms with E-state index in [1.165, 1.54) is 38.5 Å². The van der Waals surface area contributed by atoms with E-state index in [0.29, 0.717) is 6.04 Å². The highest BCUT2D eigenvalue weighted by molar-refractivity contribution is 4.95. The van der Waals surface area contributed by atoms with Crippen LogP contribution in [0.25, 0.3) is 0 Å². The molecule has 0 aromatic carbocycles. The van der Waals surface area contributed by atoms with Crippen LogP contribution in [-0.4, -0.2) is 39.0 Å². The van der Waals surface area contributed by atoms with Gasteiger partial charge in [0.05, 0.1) is 5.60 Å². The number of hydrogen-bond acceptors (Lipinski definition) is 3. The Bertz CT molecular complexity index is 233. The third kappa shape index (κ3) is 3.25. The van der Waals surface area contributed by atoms with Crippen molar-refractivity contribution in [3.8, 4) is 0 Å². The molecule has 1 heterocycles. The number of ether oxygens (including phenoxy) is 2. The number of hydrogen-bond donors (Lipinski definition) is 1. The Kier molecular flexibility index (Phi) is 5.46. The fraction of sp³-hybridized carbons (Fsp3) is 1.00. The smallest absolute Gasteiger partial charge is 0.0874 e. The Labute approximate surface area is 112 Å². The molecule has 1 N–H and O–H groups in total. The minimum atomic E-state index is 0.00441. The molecule has 0 bridgehead atoms. The summed E-state index contributed by atoms with van der Waals surface area (Å²) in [7, 11) is 3.96. The minimum absolute atomic E-state index is 0.00441. The van der Waals surface area contributed by atoms with E-state index in [-0.39, 0.29) is 5.60 Å². The lowest BCUT2D eigenvalue weighted by Gasteiger charge is -2.43. The first-order valence-corrected chi connectivity index (χ1v) is 7.61. The van der Waals surface area contributed by atoms with Crippen LogP contribution < -0.4 is 5.32 Å². The first kappa shape index (κ1) is 14.3. The largest absolute Gasteiger partial charge is 0.381 e. The van der Waals surface area contributed by atoms with Crippen LogP contribution in [0.1, 0.15) is 51.4 Å². The van der Waals surface area contributed by atoms with E-state index < -0.39 is 0 Å². The van der Waals surface area contributed by atoms with E-state index in [2.05, 4.69) is 12.4 Å². The molecule has 2 rings (SSSR count). The van der Waals surface area contributed by atoms with Gasteiger partial charge in [-0.15, -0.1) is 0 Å². The van der Waals surface area contributed by atoms with E-state index in [9.17, 15) is 0 Å². The predicted molar refractivity (Wildman–Crippen MR) is 73.8 cm³/mol. The molecular formula is C15H29NO2. The molecule has 0 radical (unpaired) electrons. The number of likely N-dealkylation sites (N-methyl/N-ethyl adjacent to an activating group) is 1. The van der Waals surface area contributed by atoms with Crippen molar-refractivity contribution < 1.29 is 9.47 Å². The zero-order valence-electron chi connectivity index (χ0n) is 12.0. The van der Waals surface area contributed by atoms with Crippen LogP contribution in [0.15, 0.2) is 0 Å². The monoisotopic (exact) mass is 255 g/mol. The van der Waals surface area contributed by atoms with Crippen molar-refractivity contribution in [2.24, 2.45) is 5.92 Å². The molecule has 0 spiro atoms. The Morgan fingerprint density at radius 3 is 2.44 bits per heavy atom. The van der Waals surface area contributed by atoms with Gasteiger partial charge in [0.25, 0.3) is 0 Å². The molecular weight excluding hydrogens is 226 g/mol. The van der Waals surface area contributed by atoms with Gasteiger partial charge in [0.2, 0.25) is 0 Å². The fourth-order valence-corrected chi connectivity index (χ4v) is 3.76. The van der Waals surface area contributed by atoms with Crippen LogP contribution in [0.2, 0.25) is 0 Å². The summed E-state index contributed by atoms with van der Waals surface area (Å²) in [6, 6.07) is 0.481. The lowest BCUT2D eigenvalue weighted by Crippen LogP contribution is -2.54. The van der Waals surface area contributed by atoms with E-state index in [1.54, 1.807) is 0 Å². The second-order valence-electron chi connectivity index (χ2n) is 5.96. The standard InChI is InChI=1S/C15H29NO2/c1-16-14(12-13-6-4-3-5-7-13)15(17-2)8-10-18-11-9-15/h13-14,16H,3-12H2,1-2H3. The number of nitrogens with one attached hydrogen (secondary N) is 1. The summed E-state index contributed by atoms with van der Waals surface area (Å²) in [6.45, 7) is 1.69. The highest BCUT2D eigenvalue weighted by atomic mass is 16.5. The molecule has 3 nitrogen and oxygen atoms in total. The molecule has 3 heteroatoms. The third-order valence-electron chi connectivity index (χ3n) is 5.02. The van der Waals surface area contributed by atoms with Gasteiger partial charge in [-0.3, -0.25) is 0 Å². The maximum Gasteiger partial charge on any atom is 0.0874 e. The van der Waals surface area contributed by atoms with Gasteiger partial charge in [-0.25, -0.2) is 0 Å². The molecule has 1 aliphatic heterocycles. The predicted octanol–water partition coefficient (Wildman–Crippen LogP) is 2.74. The average Bonchev–Trinajstić information content (AvgIpc) is 2.46. The van der Waals surface area contributed by atoms with Gasteiger partial charge in [0.15, 0.2) is 0 Å². The second kappa shape index (κ2) is 6.88. The van der Waals surface area contributed by atoms with E-state index >= 15 is 0 Å². The molecule has 2 fully saturated rings. The summed E-state index contributed by atoms with van der Waals surface area (Å²) < 4.78 is 11.4. The van der Waals surface area contributed by atoms with E-state index in [0.717, 1.165) is 32.0 Å². The number of rotatable bonds is 5. The minimum Gasteiger partial charge on any atom is -0.381 e. The van der Waals surface area contributed by atoms with Crippen LogP contribution >= 0.6 is 0 Å². The molecule has 2 aliphatic rings. The molecule has 1 saturated heterocycles. The van der Waals surface area contributed by atoms with Crippen molar-refractivity contribution >= 4 is 0 Å². The van der Waals surface area contributed by atoms with Crippen LogP contribution in [0.4, 0.5) is 0 Å². The Balaban J connectivity index is 1.96. The van der Waals surface area contributed by atoms with E-state index in [1.807, 2.05) is 7.11 Å². The average molecular weight is 255 g/mol. The second-order valence-corrected chi connectivity index (χ2v) is 5.96. The highest BCUT2D eigenvalue weighted by Crippen LogP contribution is 2.35. The van der Waals surface area contributed by atoms with Crippen molar-refractivity contribution in [1.82, 2.24) is 5.32 Å². The van der Waals surface area contributed by atoms with Crippen molar-refractivity contribution in [2.75, 3.05) is 27.4 Å². The summed E-state index contributed by atoms with van der Waals surface area (Å²) in [5, 5.41) is 3.53. The van der Waals surface area contributed by atoms with Gasteiger partial charge in [-0.2, -0.15) is 0 Å². The van der Waals surface area contributed by atoms with Crippen molar-refractivity contribution in [2.45, 2.75) is 63.0 Å². The van der Waals surface area contributed by atoms with Gasteiger partial charge in [-0.05, 0) is 19.4 Å². The molecule has 0 aromatic rings. The zero-order chi connectivity index (χ0) is 12.8. The van der Waals surface area contributed by atoms with Crippen LogP contribution in [0.5, 0.6) is 0 Å². The Hall–Kier alpha value is -0.120. The molecule has 1 unspecified atom stereocenters. The summed E-state index contributed by atoms with van der Waals surface area (Å²) in [6.07, 6.45) is 10.4. The first-order valence-electron chi connectivity index (χ1n) is 7.61. The summed E-state index contributed by atoms with van der Waals surface area (Å²) in [5.41, 5.74) is 0.00441. The molecule has 106 valence electrons. The van der Waals surface area contributed by atoms with Crippen molar-refractivity contribution in [3.05, 3.63) is 0 Å². The zero-order valence-corrected chi connectivity index (χ0v) is 12.0.